The molecule has 0 amide bonds. The summed E-state index contributed by atoms with van der Waals surface area (Å²) in [5.74, 6) is 5.80. The Morgan fingerprint density at radius 1 is 1.37 bits per heavy atom. The Morgan fingerprint density at radius 3 is 2.84 bits per heavy atom. The van der Waals surface area contributed by atoms with Gasteiger partial charge >= 0.3 is 0 Å². The molecule has 1 fully saturated rings. The monoisotopic (exact) mass is 298 g/mol. The van der Waals surface area contributed by atoms with Crippen LogP contribution in [0.15, 0.2) is 18.2 Å². The molecule has 0 spiro atoms. The van der Waals surface area contributed by atoms with Crippen LogP contribution in [0.2, 0.25) is 5.02 Å². The number of nitrogens with two attached hydrogens (primary N) is 1. The van der Waals surface area contributed by atoms with E-state index in [9.17, 15) is 8.42 Å². The van der Waals surface area contributed by atoms with Gasteiger partial charge in [-0.1, -0.05) is 23.4 Å². The second-order valence-electron chi connectivity index (χ2n) is 4.26. The minimum absolute atomic E-state index is 0.180. The predicted molar refractivity (Wildman–Crippen MR) is 77.8 cm³/mol. The minimum Gasteiger partial charge on any atom is -0.320 e. The molecule has 1 saturated heterocycles. The molecule has 1 heterocycles. The Hall–Kier alpha value is -1.22. The third-order valence-corrected chi connectivity index (χ3v) is 4.99. The van der Waals surface area contributed by atoms with E-state index in [0.29, 0.717) is 29.2 Å². The molecule has 6 heteroatoms. The summed E-state index contributed by atoms with van der Waals surface area (Å²) in [7, 11) is -3.25. The second kappa shape index (κ2) is 5.83. The molecule has 0 saturated carbocycles. The Kier molecular flexibility index (Phi) is 4.35. The van der Waals surface area contributed by atoms with Gasteiger partial charge in [0.1, 0.15) is 0 Å². The zero-order valence-electron chi connectivity index (χ0n) is 10.4. The van der Waals surface area contributed by atoms with Crippen LogP contribution in [0, 0.1) is 11.8 Å². The first-order valence-corrected chi connectivity index (χ1v) is 8.02. The molecule has 0 aromatic heterocycles. The highest BCUT2D eigenvalue weighted by Gasteiger charge is 2.27. The van der Waals surface area contributed by atoms with Gasteiger partial charge in [0.05, 0.1) is 23.5 Å². The van der Waals surface area contributed by atoms with E-state index in [0.717, 1.165) is 6.42 Å². The number of nitrogens with zero attached hydrogens (tertiary/aromatic N) is 1. The first-order chi connectivity index (χ1) is 9.04. The van der Waals surface area contributed by atoms with E-state index in [1.54, 1.807) is 18.2 Å². The molecule has 4 nitrogen and oxygen atoms in total. The highest BCUT2D eigenvalue weighted by Crippen LogP contribution is 2.28. The molecule has 0 radical (unpaired) electrons. The first kappa shape index (κ1) is 14.2. The highest BCUT2D eigenvalue weighted by molar-refractivity contribution is 7.92. The van der Waals surface area contributed by atoms with Gasteiger partial charge in [0.15, 0.2) is 0 Å². The molecular weight excluding hydrogens is 284 g/mol. The summed E-state index contributed by atoms with van der Waals surface area (Å²) in [6.07, 6.45) is 1.56. The molecule has 1 aromatic carbocycles. The number of rotatable bonds is 1. The topological polar surface area (TPSA) is 63.4 Å². The number of anilines is 1. The van der Waals surface area contributed by atoms with Gasteiger partial charge in [-0.25, -0.2) is 8.42 Å². The van der Waals surface area contributed by atoms with E-state index in [2.05, 4.69) is 11.8 Å². The lowest BCUT2D eigenvalue weighted by molar-refractivity contribution is 0.574. The van der Waals surface area contributed by atoms with Crippen LogP contribution in [0.25, 0.3) is 0 Å². The lowest BCUT2D eigenvalue weighted by Gasteiger charge is -2.29. The van der Waals surface area contributed by atoms with Crippen LogP contribution in [-0.4, -0.2) is 27.3 Å². The van der Waals surface area contributed by atoms with E-state index < -0.39 is 10.0 Å². The van der Waals surface area contributed by atoms with Gasteiger partial charge in [0.25, 0.3) is 0 Å². The number of benzene rings is 1. The van der Waals surface area contributed by atoms with Crippen LogP contribution in [0.4, 0.5) is 5.69 Å². The van der Waals surface area contributed by atoms with Crippen molar-refractivity contribution in [3.8, 4) is 11.8 Å². The lowest BCUT2D eigenvalue weighted by atomic mass is 10.1. The zero-order chi connectivity index (χ0) is 13.9. The van der Waals surface area contributed by atoms with Gasteiger partial charge in [-0.05, 0) is 31.0 Å². The van der Waals surface area contributed by atoms with Crippen molar-refractivity contribution in [1.29, 1.82) is 0 Å². The summed E-state index contributed by atoms with van der Waals surface area (Å²) < 4.78 is 25.7. The van der Waals surface area contributed by atoms with Crippen LogP contribution in [0.1, 0.15) is 18.4 Å². The number of sulfonamides is 1. The first-order valence-electron chi connectivity index (χ1n) is 6.03. The van der Waals surface area contributed by atoms with E-state index in [4.69, 9.17) is 17.3 Å². The molecular formula is C13H15ClN2O2S. The van der Waals surface area contributed by atoms with E-state index >= 15 is 0 Å². The fourth-order valence-corrected chi connectivity index (χ4v) is 3.86. The van der Waals surface area contributed by atoms with Crippen LogP contribution in [0.5, 0.6) is 0 Å². The maximum Gasteiger partial charge on any atom is 0.235 e. The third kappa shape index (κ3) is 3.21. The van der Waals surface area contributed by atoms with Crippen LogP contribution in [-0.2, 0) is 10.0 Å². The van der Waals surface area contributed by atoms with E-state index in [-0.39, 0.29) is 12.3 Å². The molecule has 2 N–H and O–H groups in total. The van der Waals surface area contributed by atoms with Crippen molar-refractivity contribution in [3.05, 3.63) is 28.8 Å². The fourth-order valence-electron chi connectivity index (χ4n) is 2.03. The number of hydrogen-bond acceptors (Lipinski definition) is 3. The zero-order valence-corrected chi connectivity index (χ0v) is 12.0. The van der Waals surface area contributed by atoms with Gasteiger partial charge in [-0.3, -0.25) is 4.31 Å². The van der Waals surface area contributed by atoms with Crippen molar-refractivity contribution in [2.45, 2.75) is 12.8 Å². The molecule has 0 unspecified atom stereocenters. The number of halogens is 1. The van der Waals surface area contributed by atoms with Crippen molar-refractivity contribution in [3.63, 3.8) is 0 Å². The van der Waals surface area contributed by atoms with Gasteiger partial charge in [-0.2, -0.15) is 0 Å². The average molecular weight is 299 g/mol. The van der Waals surface area contributed by atoms with Gasteiger partial charge in [0, 0.05) is 11.6 Å². The molecule has 1 aromatic rings. The highest BCUT2D eigenvalue weighted by atomic mass is 35.5. The van der Waals surface area contributed by atoms with E-state index in [1.165, 1.54) is 4.31 Å². The minimum atomic E-state index is -3.25. The van der Waals surface area contributed by atoms with Crippen LogP contribution >= 0.6 is 11.6 Å². The van der Waals surface area contributed by atoms with Crippen LogP contribution in [0.3, 0.4) is 0 Å². The molecule has 0 aliphatic carbocycles. The summed E-state index contributed by atoms with van der Waals surface area (Å²) in [6, 6.07) is 5.05. The van der Waals surface area contributed by atoms with Crippen molar-refractivity contribution in [2.24, 2.45) is 5.73 Å². The van der Waals surface area contributed by atoms with Crippen molar-refractivity contribution < 1.29 is 8.42 Å². The maximum absolute atomic E-state index is 12.1. The molecule has 0 bridgehead atoms. The summed E-state index contributed by atoms with van der Waals surface area (Å²) in [6.45, 7) is 0.708. The van der Waals surface area contributed by atoms with Gasteiger partial charge in [0.2, 0.25) is 10.0 Å². The average Bonchev–Trinajstić information content (AvgIpc) is 2.37. The van der Waals surface area contributed by atoms with Crippen molar-refractivity contribution in [1.82, 2.24) is 0 Å². The Balaban J connectivity index is 2.49. The van der Waals surface area contributed by atoms with E-state index in [1.807, 2.05) is 0 Å². The Labute approximate surface area is 118 Å². The summed E-state index contributed by atoms with van der Waals surface area (Å²) in [5.41, 5.74) is 6.55. The molecule has 19 heavy (non-hydrogen) atoms. The normalized spacial score (nSPS) is 17.7. The quantitative estimate of drug-likeness (QED) is 0.801. The second-order valence-corrected chi connectivity index (χ2v) is 6.71. The Bertz CT molecular complexity index is 632. The molecule has 2 rings (SSSR count). The largest absolute Gasteiger partial charge is 0.320 e. The summed E-state index contributed by atoms with van der Waals surface area (Å²) in [5, 5.41) is 0.527. The molecule has 1 aliphatic rings. The molecule has 102 valence electrons. The van der Waals surface area contributed by atoms with Gasteiger partial charge in [-0.15, -0.1) is 0 Å². The molecule has 1 aliphatic heterocycles. The van der Waals surface area contributed by atoms with Crippen molar-refractivity contribution >= 4 is 27.3 Å². The smallest absolute Gasteiger partial charge is 0.235 e. The molecule has 0 atom stereocenters. The predicted octanol–water partition coefficient (Wildman–Crippen LogP) is 1.58. The number of hydrogen-bond donors (Lipinski definition) is 1. The van der Waals surface area contributed by atoms with Crippen molar-refractivity contribution in [2.75, 3.05) is 23.1 Å². The Morgan fingerprint density at radius 2 is 2.16 bits per heavy atom. The SMILES string of the molecule is NCC#Cc1cc(Cl)ccc1N1CCCCS1(=O)=O. The summed E-state index contributed by atoms with van der Waals surface area (Å²) in [4.78, 5) is 0. The van der Waals surface area contributed by atoms with Crippen LogP contribution < -0.4 is 10.0 Å². The fraction of sp³-hybridized carbons (Fsp3) is 0.385. The summed E-state index contributed by atoms with van der Waals surface area (Å²) >= 11 is 5.94. The maximum atomic E-state index is 12.1. The lowest BCUT2D eigenvalue weighted by Crippen LogP contribution is -2.38. The standard InChI is InChI=1S/C13H15ClN2O2S/c14-12-5-6-13(11(10-12)4-3-7-15)16-8-1-2-9-19(16,17)18/h5-6,10H,1-2,7-9,15H2. The van der Waals surface area contributed by atoms with Gasteiger partial charge < -0.3 is 5.73 Å². The third-order valence-electron chi connectivity index (χ3n) is 2.90.